The van der Waals surface area contributed by atoms with Crippen LogP contribution in [0.15, 0.2) is 0 Å². The quantitative estimate of drug-likeness (QED) is 0.630. The van der Waals surface area contributed by atoms with Gasteiger partial charge in [0.2, 0.25) is 0 Å². The molecule has 1 N–H and O–H groups in total. The lowest BCUT2D eigenvalue weighted by molar-refractivity contribution is 0.0578. The van der Waals surface area contributed by atoms with Crippen LogP contribution in [-0.4, -0.2) is 41.8 Å². The van der Waals surface area contributed by atoms with Crippen LogP contribution in [0.4, 0.5) is 4.79 Å². The molecule has 2 unspecified atom stereocenters. The van der Waals surface area contributed by atoms with Gasteiger partial charge in [0.05, 0.1) is 0 Å². The molecule has 0 aromatic heterocycles. The monoisotopic (exact) mass is 198 g/mol. The molecule has 2 rings (SSSR count). The molecule has 0 aromatic carbocycles. The zero-order valence-electron chi connectivity index (χ0n) is 9.04. The molecule has 0 spiro atoms. The van der Waals surface area contributed by atoms with Crippen LogP contribution in [0.25, 0.3) is 0 Å². The first kappa shape index (κ1) is 9.77. The summed E-state index contributed by atoms with van der Waals surface area (Å²) >= 11 is 0. The minimum Gasteiger partial charge on any atom is -0.448 e. The van der Waals surface area contributed by atoms with Crippen molar-refractivity contribution < 1.29 is 9.53 Å². The molecule has 4 heteroatoms. The molecule has 2 heterocycles. The van der Waals surface area contributed by atoms with E-state index in [0.717, 1.165) is 13.0 Å². The second-order valence-corrected chi connectivity index (χ2v) is 5.15. The van der Waals surface area contributed by atoms with Crippen molar-refractivity contribution in [3.8, 4) is 0 Å². The third kappa shape index (κ3) is 1.71. The molecule has 0 aromatic rings. The molecule has 2 atom stereocenters. The number of likely N-dealkylation sites (tertiary alicyclic amines) is 1. The van der Waals surface area contributed by atoms with Crippen molar-refractivity contribution >= 4 is 6.09 Å². The van der Waals surface area contributed by atoms with E-state index in [1.54, 1.807) is 0 Å². The van der Waals surface area contributed by atoms with Crippen LogP contribution < -0.4 is 5.32 Å². The van der Waals surface area contributed by atoms with Crippen LogP contribution in [0.5, 0.6) is 0 Å². The van der Waals surface area contributed by atoms with Gasteiger partial charge in [0, 0.05) is 24.2 Å². The predicted molar refractivity (Wildman–Crippen MR) is 53.1 cm³/mol. The van der Waals surface area contributed by atoms with Crippen LogP contribution in [0.3, 0.4) is 0 Å². The highest BCUT2D eigenvalue weighted by molar-refractivity contribution is 5.68. The van der Waals surface area contributed by atoms with Gasteiger partial charge in [0.15, 0.2) is 0 Å². The number of rotatable bonds is 0. The van der Waals surface area contributed by atoms with Crippen molar-refractivity contribution in [1.82, 2.24) is 10.2 Å². The lowest BCUT2D eigenvalue weighted by atomic mass is 10.1. The summed E-state index contributed by atoms with van der Waals surface area (Å²) in [7, 11) is 0. The van der Waals surface area contributed by atoms with Crippen molar-refractivity contribution in [3.05, 3.63) is 0 Å². The van der Waals surface area contributed by atoms with Crippen LogP contribution >= 0.6 is 0 Å². The molecule has 1 amide bonds. The molecule has 0 saturated carbocycles. The highest BCUT2D eigenvalue weighted by Crippen LogP contribution is 2.28. The van der Waals surface area contributed by atoms with Crippen molar-refractivity contribution in [3.63, 3.8) is 0 Å². The second kappa shape index (κ2) is 3.12. The minimum absolute atomic E-state index is 0.158. The number of ether oxygens (including phenoxy) is 1. The summed E-state index contributed by atoms with van der Waals surface area (Å²) in [5, 5.41) is 2.87. The SMILES string of the molecule is CC(C)(C)N1CC2CC1COC(=O)N2. The Bertz CT molecular complexity index is 247. The Balaban J connectivity index is 2.10. The largest absolute Gasteiger partial charge is 0.448 e. The van der Waals surface area contributed by atoms with Crippen LogP contribution in [0, 0.1) is 0 Å². The number of fused-ring (bicyclic) bond motifs is 2. The third-order valence-electron chi connectivity index (χ3n) is 3.00. The van der Waals surface area contributed by atoms with Gasteiger partial charge >= 0.3 is 6.09 Å². The summed E-state index contributed by atoms with van der Waals surface area (Å²) in [6.45, 7) is 8.08. The Kier molecular flexibility index (Phi) is 2.18. The summed E-state index contributed by atoms with van der Waals surface area (Å²) in [5.74, 6) is 0. The first-order valence-electron chi connectivity index (χ1n) is 5.17. The van der Waals surface area contributed by atoms with E-state index in [2.05, 4.69) is 31.0 Å². The maximum Gasteiger partial charge on any atom is 0.407 e. The Morgan fingerprint density at radius 3 is 2.86 bits per heavy atom. The fraction of sp³-hybridized carbons (Fsp3) is 0.900. The lowest BCUT2D eigenvalue weighted by Gasteiger charge is -2.37. The van der Waals surface area contributed by atoms with Gasteiger partial charge in [-0.05, 0) is 27.2 Å². The first-order chi connectivity index (χ1) is 6.47. The number of hydrogen-bond acceptors (Lipinski definition) is 3. The first-order valence-corrected chi connectivity index (χ1v) is 5.17. The van der Waals surface area contributed by atoms with E-state index >= 15 is 0 Å². The summed E-state index contributed by atoms with van der Waals surface area (Å²) in [5.41, 5.74) is 0.158. The van der Waals surface area contributed by atoms with Gasteiger partial charge in [-0.25, -0.2) is 4.79 Å². The number of amides is 1. The molecule has 14 heavy (non-hydrogen) atoms. The van der Waals surface area contributed by atoms with E-state index in [1.165, 1.54) is 0 Å². The predicted octanol–water partition coefficient (Wildman–Crippen LogP) is 0.968. The lowest BCUT2D eigenvalue weighted by Crippen LogP contribution is -2.49. The molecule has 0 radical (unpaired) electrons. The summed E-state index contributed by atoms with van der Waals surface area (Å²) in [6, 6.07) is 0.660. The average molecular weight is 198 g/mol. The Morgan fingerprint density at radius 2 is 2.21 bits per heavy atom. The van der Waals surface area contributed by atoms with Gasteiger partial charge in [-0.1, -0.05) is 0 Å². The molecule has 2 bridgehead atoms. The third-order valence-corrected chi connectivity index (χ3v) is 3.00. The number of alkyl carbamates (subject to hydrolysis) is 1. The van der Waals surface area contributed by atoms with Gasteiger partial charge in [-0.15, -0.1) is 0 Å². The molecule has 80 valence electrons. The highest BCUT2D eigenvalue weighted by Gasteiger charge is 2.41. The van der Waals surface area contributed by atoms with Crippen LogP contribution in [0.1, 0.15) is 27.2 Å². The number of hydrogen-bond donors (Lipinski definition) is 1. The van der Waals surface area contributed by atoms with E-state index < -0.39 is 0 Å². The molecular formula is C10H18N2O2. The van der Waals surface area contributed by atoms with E-state index in [9.17, 15) is 4.79 Å². The molecular weight excluding hydrogens is 180 g/mol. The maximum absolute atomic E-state index is 11.1. The Morgan fingerprint density at radius 1 is 1.50 bits per heavy atom. The molecule has 4 nitrogen and oxygen atoms in total. The summed E-state index contributed by atoms with van der Waals surface area (Å²) < 4.78 is 5.07. The van der Waals surface area contributed by atoms with Gasteiger partial charge < -0.3 is 10.1 Å². The van der Waals surface area contributed by atoms with Crippen molar-refractivity contribution in [2.45, 2.75) is 44.8 Å². The smallest absolute Gasteiger partial charge is 0.407 e. The molecule has 2 fully saturated rings. The summed E-state index contributed by atoms with van der Waals surface area (Å²) in [4.78, 5) is 13.5. The minimum atomic E-state index is -0.258. The van der Waals surface area contributed by atoms with Crippen molar-refractivity contribution in [1.29, 1.82) is 0 Å². The Hall–Kier alpha value is -0.770. The normalized spacial score (nSPS) is 33.5. The van der Waals surface area contributed by atoms with Gasteiger partial charge in [0.1, 0.15) is 6.61 Å². The zero-order valence-corrected chi connectivity index (χ0v) is 9.04. The molecule has 0 aliphatic carbocycles. The van der Waals surface area contributed by atoms with E-state index in [1.807, 2.05) is 0 Å². The fourth-order valence-corrected chi connectivity index (χ4v) is 2.38. The zero-order chi connectivity index (χ0) is 10.3. The molecule has 2 saturated heterocycles. The van der Waals surface area contributed by atoms with E-state index in [-0.39, 0.29) is 17.7 Å². The Labute approximate surface area is 84.6 Å². The van der Waals surface area contributed by atoms with Gasteiger partial charge in [-0.2, -0.15) is 0 Å². The topological polar surface area (TPSA) is 41.6 Å². The average Bonchev–Trinajstić information content (AvgIpc) is 2.33. The van der Waals surface area contributed by atoms with Crippen LogP contribution in [0.2, 0.25) is 0 Å². The number of nitrogens with zero attached hydrogens (tertiary/aromatic N) is 1. The van der Waals surface area contributed by atoms with Gasteiger partial charge in [0.25, 0.3) is 0 Å². The van der Waals surface area contributed by atoms with Crippen LogP contribution in [-0.2, 0) is 4.74 Å². The summed E-state index contributed by atoms with van der Waals surface area (Å²) in [6.07, 6.45) is 0.759. The maximum atomic E-state index is 11.1. The van der Waals surface area contributed by atoms with Crippen molar-refractivity contribution in [2.24, 2.45) is 0 Å². The van der Waals surface area contributed by atoms with E-state index in [4.69, 9.17) is 4.74 Å². The second-order valence-electron chi connectivity index (χ2n) is 5.15. The number of carbonyl (C=O) groups excluding carboxylic acids is 1. The van der Waals surface area contributed by atoms with Crippen molar-refractivity contribution in [2.75, 3.05) is 13.2 Å². The standard InChI is InChI=1S/C10H18N2O2/c1-10(2,3)12-5-7-4-8(12)6-14-9(13)11-7/h7-8H,4-6H2,1-3H3,(H,11,13). The molecule has 2 aliphatic rings. The van der Waals surface area contributed by atoms with Gasteiger partial charge in [-0.3, -0.25) is 4.90 Å². The molecule has 2 aliphatic heterocycles. The highest BCUT2D eigenvalue weighted by atomic mass is 16.5. The number of cyclic esters (lactones) is 1. The number of nitrogens with one attached hydrogen (secondary N) is 1. The fourth-order valence-electron chi connectivity index (χ4n) is 2.38. The number of carbonyl (C=O) groups is 1. The van der Waals surface area contributed by atoms with E-state index in [0.29, 0.717) is 12.6 Å².